The van der Waals surface area contributed by atoms with Crippen LogP contribution < -0.4 is 9.80 Å². The van der Waals surface area contributed by atoms with Gasteiger partial charge in [-0.3, -0.25) is 0 Å². The van der Waals surface area contributed by atoms with Crippen molar-refractivity contribution >= 4 is 65.8 Å². The van der Waals surface area contributed by atoms with Crippen molar-refractivity contribution in [2.45, 2.75) is 25.7 Å². The van der Waals surface area contributed by atoms with Gasteiger partial charge >= 0.3 is 0 Å². The summed E-state index contributed by atoms with van der Waals surface area (Å²) in [5, 5.41) is 10.7. The van der Waals surface area contributed by atoms with Crippen molar-refractivity contribution in [2.24, 2.45) is 14.1 Å². The lowest BCUT2D eigenvalue weighted by atomic mass is 9.95. The number of nitrogens with zero attached hydrogens (tertiary/aromatic N) is 4. The van der Waals surface area contributed by atoms with Gasteiger partial charge in [0.1, 0.15) is 11.6 Å². The highest BCUT2D eigenvalue weighted by Crippen LogP contribution is 2.38. The van der Waals surface area contributed by atoms with Gasteiger partial charge in [-0.05, 0) is 94.4 Å². The van der Waals surface area contributed by atoms with E-state index in [1.54, 1.807) is 0 Å². The van der Waals surface area contributed by atoms with Crippen LogP contribution in [0.3, 0.4) is 0 Å². The summed E-state index contributed by atoms with van der Waals surface area (Å²) < 4.78 is 4.77. The van der Waals surface area contributed by atoms with Gasteiger partial charge in [0.05, 0.1) is 11.0 Å². The molecule has 180 valence electrons. The van der Waals surface area contributed by atoms with Crippen LogP contribution in [0.15, 0.2) is 60.7 Å². The van der Waals surface area contributed by atoms with Crippen molar-refractivity contribution in [2.75, 3.05) is 36.0 Å². The molecule has 0 amide bonds. The first-order valence-electron chi connectivity index (χ1n) is 13.5. The third-order valence-corrected chi connectivity index (χ3v) is 8.97. The van der Waals surface area contributed by atoms with Gasteiger partial charge in [-0.25, -0.2) is 0 Å². The average molecular weight is 473 g/mol. The number of benzene rings is 4. The molecule has 4 heterocycles. The molecule has 0 unspecified atom stereocenters. The Balaban J connectivity index is 1.34. The third-order valence-electron chi connectivity index (χ3n) is 8.97. The Bertz CT molecular complexity index is 1690. The molecule has 2 aromatic heterocycles. The highest BCUT2D eigenvalue weighted by atomic mass is 15.2. The van der Waals surface area contributed by atoms with Crippen molar-refractivity contribution < 1.29 is 0 Å². The van der Waals surface area contributed by atoms with E-state index in [2.05, 4.69) is 93.7 Å². The molecule has 4 heteroatoms. The molecule has 4 aromatic carbocycles. The van der Waals surface area contributed by atoms with Crippen LogP contribution in [0.1, 0.15) is 25.7 Å². The van der Waals surface area contributed by atoms with Crippen LogP contribution >= 0.6 is 0 Å². The van der Waals surface area contributed by atoms with E-state index in [9.17, 15) is 0 Å². The molecular formula is C32H32N4. The zero-order valence-corrected chi connectivity index (χ0v) is 21.2. The Morgan fingerprint density at radius 1 is 0.444 bits per heavy atom. The minimum absolute atomic E-state index is 1.17. The standard InChI is InChI=1S/C32H32N4/c1-33-29-17-21-7-9-26-25(27(21)15-23(29)19-31(33)35-11-3-4-12-35)10-8-22-18-30-24(16-28(22)26)20-32(34(30)2)36-13-5-6-14-36/h7-10,15-20H,3-6,11-14H2,1-2H3. The van der Waals surface area contributed by atoms with Gasteiger partial charge < -0.3 is 18.9 Å². The summed E-state index contributed by atoms with van der Waals surface area (Å²) in [5.41, 5.74) is 2.65. The first kappa shape index (κ1) is 20.5. The molecule has 6 aromatic rings. The van der Waals surface area contributed by atoms with Crippen LogP contribution in [0.4, 0.5) is 11.6 Å². The van der Waals surface area contributed by atoms with E-state index in [1.807, 2.05) is 0 Å². The smallest absolute Gasteiger partial charge is 0.109 e. The van der Waals surface area contributed by atoms with Gasteiger partial charge in [0.15, 0.2) is 0 Å². The van der Waals surface area contributed by atoms with E-state index >= 15 is 0 Å². The maximum Gasteiger partial charge on any atom is 0.109 e. The summed E-state index contributed by atoms with van der Waals surface area (Å²) in [4.78, 5) is 5.08. The second kappa shape index (κ2) is 7.42. The van der Waals surface area contributed by atoms with E-state index in [1.165, 1.54) is 118 Å². The zero-order valence-electron chi connectivity index (χ0n) is 21.2. The molecule has 0 atom stereocenters. The summed E-state index contributed by atoms with van der Waals surface area (Å²) in [6, 6.07) is 23.7. The summed E-state index contributed by atoms with van der Waals surface area (Å²) in [7, 11) is 4.44. The van der Waals surface area contributed by atoms with Crippen LogP contribution in [-0.2, 0) is 14.1 Å². The second-order valence-corrected chi connectivity index (χ2v) is 11.0. The van der Waals surface area contributed by atoms with Gasteiger partial charge in [-0.1, -0.05) is 24.3 Å². The Hall–Kier alpha value is -3.66. The predicted molar refractivity (Wildman–Crippen MR) is 155 cm³/mol. The molecule has 0 bridgehead atoms. The molecule has 0 aliphatic carbocycles. The monoisotopic (exact) mass is 472 g/mol. The average Bonchev–Trinajstić information content (AvgIpc) is 3.70. The Labute approximate surface area is 211 Å². The maximum absolute atomic E-state index is 2.54. The molecular weight excluding hydrogens is 440 g/mol. The van der Waals surface area contributed by atoms with Crippen molar-refractivity contribution in [3.8, 4) is 0 Å². The zero-order chi connectivity index (χ0) is 24.0. The molecule has 0 radical (unpaired) electrons. The Morgan fingerprint density at radius 2 is 0.861 bits per heavy atom. The molecule has 0 N–H and O–H groups in total. The first-order valence-corrected chi connectivity index (χ1v) is 13.5. The molecule has 2 aliphatic rings. The number of hydrogen-bond acceptors (Lipinski definition) is 2. The minimum atomic E-state index is 1.17. The molecule has 2 aliphatic heterocycles. The van der Waals surface area contributed by atoms with E-state index in [-0.39, 0.29) is 0 Å². The van der Waals surface area contributed by atoms with Gasteiger partial charge in [0.25, 0.3) is 0 Å². The summed E-state index contributed by atoms with van der Waals surface area (Å²) in [6.45, 7) is 4.69. The number of aryl methyl sites for hydroxylation is 2. The summed E-state index contributed by atoms with van der Waals surface area (Å²) in [6.07, 6.45) is 5.20. The van der Waals surface area contributed by atoms with Crippen LogP contribution in [0.2, 0.25) is 0 Å². The molecule has 2 fully saturated rings. The molecule has 0 saturated carbocycles. The highest BCUT2D eigenvalue weighted by molar-refractivity contribution is 6.20. The van der Waals surface area contributed by atoms with E-state index in [4.69, 9.17) is 0 Å². The van der Waals surface area contributed by atoms with Crippen LogP contribution in [0, 0.1) is 0 Å². The van der Waals surface area contributed by atoms with E-state index < -0.39 is 0 Å². The van der Waals surface area contributed by atoms with Gasteiger partial charge in [-0.2, -0.15) is 0 Å². The predicted octanol–water partition coefficient (Wildman–Crippen LogP) is 7.33. The largest absolute Gasteiger partial charge is 0.358 e. The fourth-order valence-electron chi connectivity index (χ4n) is 7.01. The van der Waals surface area contributed by atoms with Gasteiger partial charge in [0.2, 0.25) is 0 Å². The molecule has 8 rings (SSSR count). The lowest BCUT2D eigenvalue weighted by Gasteiger charge is -2.18. The Kier molecular flexibility index (Phi) is 4.23. The lowest BCUT2D eigenvalue weighted by molar-refractivity contribution is 0.862. The molecule has 0 spiro atoms. The first-order chi connectivity index (χ1) is 17.7. The Morgan fingerprint density at radius 3 is 1.28 bits per heavy atom. The van der Waals surface area contributed by atoms with Crippen LogP contribution in [0.5, 0.6) is 0 Å². The molecule has 36 heavy (non-hydrogen) atoms. The van der Waals surface area contributed by atoms with E-state index in [0.717, 1.165) is 0 Å². The van der Waals surface area contributed by atoms with E-state index in [0.29, 0.717) is 0 Å². The number of fused-ring (bicyclic) bond motifs is 7. The highest BCUT2D eigenvalue weighted by Gasteiger charge is 2.19. The van der Waals surface area contributed by atoms with Gasteiger partial charge in [-0.15, -0.1) is 0 Å². The lowest BCUT2D eigenvalue weighted by Crippen LogP contribution is -2.20. The van der Waals surface area contributed by atoms with Crippen LogP contribution in [-0.4, -0.2) is 35.3 Å². The number of aromatic nitrogens is 2. The molecule has 4 nitrogen and oxygen atoms in total. The number of anilines is 2. The topological polar surface area (TPSA) is 16.3 Å². The summed E-state index contributed by atoms with van der Waals surface area (Å²) in [5.74, 6) is 2.71. The fraction of sp³-hybridized carbons (Fsp3) is 0.312. The third kappa shape index (κ3) is 2.81. The number of rotatable bonds is 2. The summed E-state index contributed by atoms with van der Waals surface area (Å²) >= 11 is 0. The fourth-order valence-corrected chi connectivity index (χ4v) is 7.01. The van der Waals surface area contributed by atoms with Crippen LogP contribution in [0.25, 0.3) is 54.1 Å². The van der Waals surface area contributed by atoms with Crippen molar-refractivity contribution in [3.63, 3.8) is 0 Å². The SMILES string of the molecule is Cn1c(N2CCCC2)cc2cc3c(ccc4c5cc6cc(N7CCCC7)n(C)c6cc5ccc34)cc21. The minimum Gasteiger partial charge on any atom is -0.358 e. The van der Waals surface area contributed by atoms with Gasteiger partial charge in [0, 0.05) is 51.0 Å². The maximum atomic E-state index is 2.54. The normalized spacial score (nSPS) is 16.7. The second-order valence-electron chi connectivity index (χ2n) is 11.0. The number of hydrogen-bond donors (Lipinski definition) is 0. The van der Waals surface area contributed by atoms with Crippen molar-refractivity contribution in [1.82, 2.24) is 9.13 Å². The van der Waals surface area contributed by atoms with Crippen molar-refractivity contribution in [3.05, 3.63) is 60.7 Å². The van der Waals surface area contributed by atoms with Crippen molar-refractivity contribution in [1.29, 1.82) is 0 Å². The quantitative estimate of drug-likeness (QED) is 0.245. The molecule has 2 saturated heterocycles.